The van der Waals surface area contributed by atoms with Gasteiger partial charge in [-0.2, -0.15) is 0 Å². The summed E-state index contributed by atoms with van der Waals surface area (Å²) in [6, 6.07) is -1.20. The maximum Gasteiger partial charge on any atom is 0.249 e. The minimum Gasteiger partial charge on any atom is -0.394 e. The van der Waals surface area contributed by atoms with Crippen molar-refractivity contribution in [3.63, 3.8) is 0 Å². The van der Waals surface area contributed by atoms with E-state index in [9.17, 15) is 40.5 Å². The summed E-state index contributed by atoms with van der Waals surface area (Å²) in [7, 11) is 0. The van der Waals surface area contributed by atoms with Crippen LogP contribution in [-0.2, 0) is 14.3 Å². The van der Waals surface area contributed by atoms with Gasteiger partial charge in [0.15, 0.2) is 6.29 Å². The lowest BCUT2D eigenvalue weighted by Crippen LogP contribution is -2.60. The number of hydrogen-bond donors (Lipinski definition) is 8. The second-order valence-corrected chi connectivity index (χ2v) is 22.5. The zero-order valence-corrected chi connectivity index (χ0v) is 49.0. The molecule has 9 atom stereocenters. The van der Waals surface area contributed by atoms with Crippen molar-refractivity contribution in [3.05, 3.63) is 48.6 Å². The van der Waals surface area contributed by atoms with Gasteiger partial charge in [-0.05, 0) is 89.9 Å². The van der Waals surface area contributed by atoms with Crippen LogP contribution in [0.5, 0.6) is 0 Å². The molecule has 1 heterocycles. The van der Waals surface area contributed by atoms with Gasteiger partial charge in [0, 0.05) is 0 Å². The lowest BCUT2D eigenvalue weighted by Gasteiger charge is -2.40. The van der Waals surface area contributed by atoms with E-state index in [-0.39, 0.29) is 12.8 Å². The van der Waals surface area contributed by atoms with E-state index in [0.717, 1.165) is 64.2 Å². The van der Waals surface area contributed by atoms with Crippen LogP contribution in [0.15, 0.2) is 48.6 Å². The zero-order chi connectivity index (χ0) is 55.4. The predicted octanol–water partition coefficient (Wildman–Crippen LogP) is 14.4. The summed E-state index contributed by atoms with van der Waals surface area (Å²) >= 11 is 0. The molecule has 1 aliphatic rings. The van der Waals surface area contributed by atoms with Crippen LogP contribution in [0.25, 0.3) is 0 Å². The number of aliphatic hydroxyl groups is 7. The maximum atomic E-state index is 13.2. The smallest absolute Gasteiger partial charge is 0.249 e. The van der Waals surface area contributed by atoms with Crippen molar-refractivity contribution in [1.82, 2.24) is 5.32 Å². The average Bonchev–Trinajstić information content (AvgIpc) is 3.42. The monoisotopic (exact) mass is 1080 g/mol. The molecular weight excluding hydrogens is 955 g/mol. The second-order valence-electron chi connectivity index (χ2n) is 22.5. The topological polar surface area (TPSA) is 189 Å². The van der Waals surface area contributed by atoms with Gasteiger partial charge in [-0.1, -0.05) is 249 Å². The summed E-state index contributed by atoms with van der Waals surface area (Å²) < 4.78 is 11.1. The molecule has 8 N–H and O–H groups in total. The first-order valence-electron chi connectivity index (χ1n) is 32.0. The zero-order valence-electron chi connectivity index (χ0n) is 49.0. The van der Waals surface area contributed by atoms with E-state index < -0.39 is 74.2 Å². The van der Waals surface area contributed by atoms with E-state index in [2.05, 4.69) is 67.8 Å². The van der Waals surface area contributed by atoms with Crippen LogP contribution in [0, 0.1) is 0 Å². The lowest BCUT2D eigenvalue weighted by molar-refractivity contribution is -0.303. The quantitative estimate of drug-likeness (QED) is 0.0215. The predicted molar refractivity (Wildman–Crippen MR) is 316 cm³/mol. The number of ether oxygens (including phenoxy) is 2. The Hall–Kier alpha value is -1.93. The molecule has 0 bridgehead atoms. The van der Waals surface area contributed by atoms with Crippen molar-refractivity contribution >= 4 is 5.91 Å². The normalized spacial score (nSPS) is 19.9. The Kier molecular flexibility index (Phi) is 50.9. The molecule has 0 saturated carbocycles. The van der Waals surface area contributed by atoms with Crippen LogP contribution < -0.4 is 5.32 Å². The Morgan fingerprint density at radius 1 is 0.447 bits per heavy atom. The number of carbonyl (C=O) groups excluding carboxylic acids is 1. The van der Waals surface area contributed by atoms with E-state index in [0.29, 0.717) is 19.3 Å². The fraction of sp³-hybridized carbons (Fsp3) is 0.862. The van der Waals surface area contributed by atoms with Crippen LogP contribution in [0.1, 0.15) is 290 Å². The molecule has 0 aromatic rings. The van der Waals surface area contributed by atoms with E-state index >= 15 is 0 Å². The molecule has 76 heavy (non-hydrogen) atoms. The molecule has 11 heteroatoms. The Morgan fingerprint density at radius 2 is 0.789 bits per heavy atom. The number of nitrogens with one attached hydrogen (secondary N) is 1. The minimum absolute atomic E-state index is 0.239. The van der Waals surface area contributed by atoms with Crippen molar-refractivity contribution in [2.24, 2.45) is 0 Å². The summed E-state index contributed by atoms with van der Waals surface area (Å²) in [6.45, 7) is 3.47. The van der Waals surface area contributed by atoms with Crippen LogP contribution >= 0.6 is 0 Å². The molecule has 9 unspecified atom stereocenters. The summed E-state index contributed by atoms with van der Waals surface area (Å²) in [6.07, 6.45) is 57.5. The Labute approximate surface area is 466 Å². The van der Waals surface area contributed by atoms with Gasteiger partial charge < -0.3 is 50.5 Å². The first kappa shape index (κ1) is 72.1. The standard InChI is InChI=1S/C65H121NO10/c1-3-5-7-9-11-13-15-17-19-21-23-25-27-28-29-30-31-33-34-36-38-40-42-44-46-48-50-52-57(68)60(70)56(55-75-65-63(73)62(72)61(71)59(54-67)76-65)66-64(74)58(69)53-51-49-47-45-43-41-39-37-35-32-26-24-22-20-18-16-14-12-10-8-6-4-2/h30-31,35-38,44,46,56-63,65,67-73H,3-29,32-34,39-43,45,47-55H2,1-2H3,(H,66,74)/b31-30+,37-35-,38-36+,46-44+. The van der Waals surface area contributed by atoms with Gasteiger partial charge in [0.05, 0.1) is 25.4 Å². The van der Waals surface area contributed by atoms with Crippen molar-refractivity contribution in [2.75, 3.05) is 13.2 Å². The van der Waals surface area contributed by atoms with Gasteiger partial charge in [0.25, 0.3) is 0 Å². The van der Waals surface area contributed by atoms with Gasteiger partial charge in [-0.25, -0.2) is 0 Å². The second kappa shape index (κ2) is 53.7. The first-order chi connectivity index (χ1) is 37.2. The fourth-order valence-corrected chi connectivity index (χ4v) is 10.1. The molecule has 1 aliphatic heterocycles. The van der Waals surface area contributed by atoms with Gasteiger partial charge in [0.1, 0.15) is 36.6 Å². The van der Waals surface area contributed by atoms with Crippen molar-refractivity contribution < 1.29 is 50.0 Å². The van der Waals surface area contributed by atoms with Crippen molar-refractivity contribution in [3.8, 4) is 0 Å². The number of aliphatic hydroxyl groups excluding tert-OH is 7. The van der Waals surface area contributed by atoms with Gasteiger partial charge in [-0.15, -0.1) is 0 Å². The number of carbonyl (C=O) groups is 1. The van der Waals surface area contributed by atoms with Crippen molar-refractivity contribution in [2.45, 2.75) is 345 Å². The molecule has 0 spiro atoms. The average molecular weight is 1080 g/mol. The Morgan fingerprint density at radius 3 is 1.17 bits per heavy atom. The number of allylic oxidation sites excluding steroid dienone is 8. The highest BCUT2D eigenvalue weighted by Crippen LogP contribution is 2.23. The van der Waals surface area contributed by atoms with Gasteiger partial charge in [0.2, 0.25) is 5.91 Å². The highest BCUT2D eigenvalue weighted by Gasteiger charge is 2.44. The number of rotatable bonds is 55. The molecular formula is C65H121NO10. The van der Waals surface area contributed by atoms with E-state index in [1.807, 2.05) is 0 Å². The highest BCUT2D eigenvalue weighted by molar-refractivity contribution is 5.80. The molecule has 446 valence electrons. The molecule has 0 aromatic carbocycles. The summed E-state index contributed by atoms with van der Waals surface area (Å²) in [5.41, 5.74) is 0. The largest absolute Gasteiger partial charge is 0.394 e. The number of hydrogen-bond acceptors (Lipinski definition) is 10. The number of amides is 1. The number of unbranched alkanes of at least 4 members (excludes halogenated alkanes) is 35. The summed E-state index contributed by atoms with van der Waals surface area (Å²) in [4.78, 5) is 13.2. The molecule has 11 nitrogen and oxygen atoms in total. The molecule has 1 rings (SSSR count). The summed E-state index contributed by atoms with van der Waals surface area (Å²) in [5.74, 6) is -0.715. The van der Waals surface area contributed by atoms with Gasteiger partial charge >= 0.3 is 0 Å². The third kappa shape index (κ3) is 41.1. The maximum absolute atomic E-state index is 13.2. The third-order valence-corrected chi connectivity index (χ3v) is 15.3. The Balaban J connectivity index is 2.31. The molecule has 1 saturated heterocycles. The molecule has 0 aromatic heterocycles. The fourth-order valence-electron chi connectivity index (χ4n) is 10.1. The lowest BCUT2D eigenvalue weighted by atomic mass is 9.98. The first-order valence-corrected chi connectivity index (χ1v) is 32.0. The Bertz CT molecular complexity index is 1370. The molecule has 0 radical (unpaired) electrons. The van der Waals surface area contributed by atoms with E-state index in [1.165, 1.54) is 180 Å². The van der Waals surface area contributed by atoms with Crippen LogP contribution in [0.4, 0.5) is 0 Å². The van der Waals surface area contributed by atoms with E-state index in [1.54, 1.807) is 0 Å². The molecule has 1 amide bonds. The van der Waals surface area contributed by atoms with E-state index in [4.69, 9.17) is 9.47 Å². The third-order valence-electron chi connectivity index (χ3n) is 15.3. The van der Waals surface area contributed by atoms with Crippen molar-refractivity contribution in [1.29, 1.82) is 0 Å². The van der Waals surface area contributed by atoms with Crippen LogP contribution in [0.3, 0.4) is 0 Å². The molecule has 0 aliphatic carbocycles. The minimum atomic E-state index is -1.68. The SMILES string of the molecule is CCCCCCCCCCCCCC/C=C\CCCCCCCCC(O)C(=O)NC(COC1OC(CO)C(O)C(O)C1O)C(O)C(O)CCC/C=C/CC/C=C/CC/C=C/CCCCCCCCCCCCCCCC. The highest BCUT2D eigenvalue weighted by atomic mass is 16.7. The van der Waals surface area contributed by atoms with Crippen LogP contribution in [-0.4, -0.2) is 110 Å². The van der Waals surface area contributed by atoms with Crippen LogP contribution in [0.2, 0.25) is 0 Å². The molecule has 1 fully saturated rings. The summed E-state index contributed by atoms with van der Waals surface area (Å²) in [5, 5.41) is 76.3. The van der Waals surface area contributed by atoms with Gasteiger partial charge in [-0.3, -0.25) is 4.79 Å².